The van der Waals surface area contributed by atoms with E-state index in [-0.39, 0.29) is 10.6 Å². The third-order valence-electron chi connectivity index (χ3n) is 3.38. The molecule has 0 unspecified atom stereocenters. The van der Waals surface area contributed by atoms with Gasteiger partial charge in [-0.2, -0.15) is 4.31 Å². The molecule has 0 atom stereocenters. The van der Waals surface area contributed by atoms with Crippen molar-refractivity contribution in [3.63, 3.8) is 0 Å². The molecule has 0 aromatic heterocycles. The molecular weight excluding hydrogens is 396 g/mol. The average molecular weight is 412 g/mol. The van der Waals surface area contributed by atoms with Crippen LogP contribution < -0.4 is 5.73 Å². The summed E-state index contributed by atoms with van der Waals surface area (Å²) in [6.07, 6.45) is 1.79. The number of piperidine rings is 1. The zero-order valence-corrected chi connectivity index (χ0v) is 14.6. The molecule has 4 nitrogen and oxygen atoms in total. The average Bonchev–Trinajstić information content (AvgIpc) is 2.27. The summed E-state index contributed by atoms with van der Waals surface area (Å²) in [6.45, 7) is 3.27. The smallest absolute Gasteiger partial charge is 0.246 e. The van der Waals surface area contributed by atoms with Crippen molar-refractivity contribution < 1.29 is 8.42 Å². The van der Waals surface area contributed by atoms with E-state index in [1.807, 2.05) is 0 Å². The number of rotatable bonds is 2. The number of sulfonamides is 1. The standard InChI is InChI=1S/C12H16Br2N2O2S/c1-8-2-4-16(5-3-8)19(17,18)12-10(14)6-9(13)7-11(12)15/h6-8H,2-5,15H2,1H3. The number of nitrogens with zero attached hydrogens (tertiary/aromatic N) is 1. The molecule has 7 heteroatoms. The van der Waals surface area contributed by atoms with Crippen molar-refractivity contribution in [2.24, 2.45) is 5.92 Å². The van der Waals surface area contributed by atoms with Gasteiger partial charge in [-0.25, -0.2) is 8.42 Å². The molecule has 1 aromatic rings. The number of benzene rings is 1. The maximum Gasteiger partial charge on any atom is 0.246 e. The second-order valence-electron chi connectivity index (χ2n) is 4.89. The molecule has 1 fully saturated rings. The molecule has 1 aliphatic rings. The van der Waals surface area contributed by atoms with Crippen molar-refractivity contribution in [2.45, 2.75) is 24.7 Å². The Morgan fingerprint density at radius 1 is 1.26 bits per heavy atom. The van der Waals surface area contributed by atoms with Gasteiger partial charge in [-0.3, -0.25) is 0 Å². The van der Waals surface area contributed by atoms with Crippen LogP contribution in [0, 0.1) is 5.92 Å². The topological polar surface area (TPSA) is 63.4 Å². The predicted molar refractivity (Wildman–Crippen MR) is 83.4 cm³/mol. The number of hydrogen-bond donors (Lipinski definition) is 1. The van der Waals surface area contributed by atoms with Gasteiger partial charge in [0.2, 0.25) is 10.0 Å². The lowest BCUT2D eigenvalue weighted by atomic mass is 10.0. The second-order valence-corrected chi connectivity index (χ2v) is 8.54. The fourth-order valence-corrected chi connectivity index (χ4v) is 5.69. The Labute approximate surface area is 130 Å². The minimum atomic E-state index is -3.52. The summed E-state index contributed by atoms with van der Waals surface area (Å²) < 4.78 is 28.1. The summed E-state index contributed by atoms with van der Waals surface area (Å²) in [5, 5.41) is 0. The van der Waals surface area contributed by atoms with E-state index in [0.717, 1.165) is 17.3 Å². The minimum absolute atomic E-state index is 0.172. The van der Waals surface area contributed by atoms with Gasteiger partial charge < -0.3 is 5.73 Å². The van der Waals surface area contributed by atoms with Crippen LogP contribution in [-0.4, -0.2) is 25.8 Å². The zero-order chi connectivity index (χ0) is 14.2. The van der Waals surface area contributed by atoms with Crippen molar-refractivity contribution in [1.29, 1.82) is 0 Å². The molecular formula is C12H16Br2N2O2S. The molecule has 0 amide bonds. The Kier molecular flexibility index (Phi) is 4.59. The Morgan fingerprint density at radius 2 is 1.84 bits per heavy atom. The highest BCUT2D eigenvalue weighted by Gasteiger charge is 2.31. The van der Waals surface area contributed by atoms with Crippen LogP contribution in [0.5, 0.6) is 0 Å². The van der Waals surface area contributed by atoms with Gasteiger partial charge in [-0.05, 0) is 46.8 Å². The van der Waals surface area contributed by atoms with E-state index in [9.17, 15) is 8.42 Å². The first-order valence-corrected chi connectivity index (χ1v) is 9.09. The summed E-state index contributed by atoms with van der Waals surface area (Å²) in [6, 6.07) is 3.32. The molecule has 106 valence electrons. The highest BCUT2D eigenvalue weighted by atomic mass is 79.9. The van der Waals surface area contributed by atoms with Crippen molar-refractivity contribution in [3.8, 4) is 0 Å². The minimum Gasteiger partial charge on any atom is -0.398 e. The monoisotopic (exact) mass is 410 g/mol. The van der Waals surface area contributed by atoms with E-state index in [4.69, 9.17) is 5.73 Å². The van der Waals surface area contributed by atoms with Gasteiger partial charge in [0.15, 0.2) is 0 Å². The predicted octanol–water partition coefficient (Wildman–Crippen LogP) is 3.21. The summed E-state index contributed by atoms with van der Waals surface area (Å²) in [5.74, 6) is 0.581. The molecule has 19 heavy (non-hydrogen) atoms. The van der Waals surface area contributed by atoms with Crippen LogP contribution >= 0.6 is 31.9 Å². The molecule has 0 bridgehead atoms. The Balaban J connectivity index is 2.40. The van der Waals surface area contributed by atoms with E-state index in [1.165, 1.54) is 4.31 Å². The zero-order valence-electron chi connectivity index (χ0n) is 10.6. The highest BCUT2D eigenvalue weighted by Crippen LogP contribution is 2.34. The normalized spacial score (nSPS) is 18.7. The molecule has 2 N–H and O–H groups in total. The lowest BCUT2D eigenvalue weighted by Crippen LogP contribution is -2.38. The second kappa shape index (κ2) is 5.71. The van der Waals surface area contributed by atoms with Crippen LogP contribution in [0.4, 0.5) is 5.69 Å². The van der Waals surface area contributed by atoms with Crippen molar-refractivity contribution in [1.82, 2.24) is 4.31 Å². The van der Waals surface area contributed by atoms with Gasteiger partial charge in [-0.15, -0.1) is 0 Å². The summed E-state index contributed by atoms with van der Waals surface area (Å²) in [7, 11) is -3.52. The van der Waals surface area contributed by atoms with E-state index >= 15 is 0 Å². The van der Waals surface area contributed by atoms with Crippen LogP contribution in [0.1, 0.15) is 19.8 Å². The first-order valence-electron chi connectivity index (χ1n) is 6.07. The first-order chi connectivity index (χ1) is 8.82. The molecule has 2 rings (SSSR count). The Bertz CT molecular complexity index is 558. The van der Waals surface area contributed by atoms with Crippen LogP contribution in [0.2, 0.25) is 0 Å². The first kappa shape index (κ1) is 15.3. The third kappa shape index (κ3) is 3.15. The molecule has 1 saturated heterocycles. The molecule has 1 aromatic carbocycles. The fraction of sp³-hybridized carbons (Fsp3) is 0.500. The van der Waals surface area contributed by atoms with Crippen molar-refractivity contribution in [2.75, 3.05) is 18.8 Å². The molecule has 0 radical (unpaired) electrons. The van der Waals surface area contributed by atoms with Crippen LogP contribution in [0.15, 0.2) is 26.0 Å². The van der Waals surface area contributed by atoms with Gasteiger partial charge in [-0.1, -0.05) is 22.9 Å². The SMILES string of the molecule is CC1CCN(S(=O)(=O)c2c(N)cc(Br)cc2Br)CC1. The number of anilines is 1. The van der Waals surface area contributed by atoms with Crippen LogP contribution in [-0.2, 0) is 10.0 Å². The molecule has 0 saturated carbocycles. The number of nitrogen functional groups attached to an aromatic ring is 1. The maximum atomic E-state index is 12.6. The lowest BCUT2D eigenvalue weighted by Gasteiger charge is -2.30. The van der Waals surface area contributed by atoms with Gasteiger partial charge in [0.05, 0.1) is 5.69 Å². The van der Waals surface area contributed by atoms with E-state index in [1.54, 1.807) is 12.1 Å². The maximum absolute atomic E-state index is 12.6. The summed E-state index contributed by atoms with van der Waals surface area (Å²) in [5.41, 5.74) is 6.14. The van der Waals surface area contributed by atoms with Crippen LogP contribution in [0.25, 0.3) is 0 Å². The van der Waals surface area contributed by atoms with Crippen molar-refractivity contribution in [3.05, 3.63) is 21.1 Å². The van der Waals surface area contributed by atoms with Gasteiger partial charge in [0, 0.05) is 22.0 Å². The van der Waals surface area contributed by atoms with Gasteiger partial charge in [0.25, 0.3) is 0 Å². The molecule has 1 aliphatic heterocycles. The summed E-state index contributed by atoms with van der Waals surface area (Å²) >= 11 is 6.60. The van der Waals surface area contributed by atoms with E-state index in [2.05, 4.69) is 38.8 Å². The highest BCUT2D eigenvalue weighted by molar-refractivity contribution is 9.11. The number of hydrogen-bond acceptors (Lipinski definition) is 3. The largest absolute Gasteiger partial charge is 0.398 e. The van der Waals surface area contributed by atoms with Crippen molar-refractivity contribution >= 4 is 47.6 Å². The summed E-state index contributed by atoms with van der Waals surface area (Å²) in [4.78, 5) is 0.172. The quantitative estimate of drug-likeness (QED) is 0.760. The van der Waals surface area contributed by atoms with E-state index in [0.29, 0.717) is 23.5 Å². The Hall–Kier alpha value is -0.110. The molecule has 0 aliphatic carbocycles. The third-order valence-corrected chi connectivity index (χ3v) is 6.74. The van der Waals surface area contributed by atoms with E-state index < -0.39 is 10.0 Å². The fourth-order valence-electron chi connectivity index (χ4n) is 2.21. The lowest BCUT2D eigenvalue weighted by molar-refractivity contribution is 0.288. The van der Waals surface area contributed by atoms with Gasteiger partial charge >= 0.3 is 0 Å². The van der Waals surface area contributed by atoms with Gasteiger partial charge in [0.1, 0.15) is 4.90 Å². The molecule has 1 heterocycles. The number of nitrogens with two attached hydrogens (primary N) is 1. The molecule has 0 spiro atoms. The Morgan fingerprint density at radius 3 is 2.37 bits per heavy atom. The van der Waals surface area contributed by atoms with Crippen LogP contribution in [0.3, 0.4) is 0 Å². The number of halogens is 2.